The minimum atomic E-state index is -0.790. The molecule has 0 saturated carbocycles. The molecule has 1 heterocycles. The fourth-order valence-electron chi connectivity index (χ4n) is 1.43. The third-order valence-corrected chi connectivity index (χ3v) is 2.42. The average Bonchev–Trinajstić information content (AvgIpc) is 2.90. The van der Waals surface area contributed by atoms with Crippen molar-refractivity contribution in [3.05, 3.63) is 41.7 Å². The number of nitrogens with two attached hydrogens (primary N) is 1. The number of hydrogen-bond acceptors (Lipinski definition) is 5. The summed E-state index contributed by atoms with van der Waals surface area (Å²) < 4.78 is 0. The van der Waals surface area contributed by atoms with Crippen molar-refractivity contribution in [1.82, 2.24) is 20.7 Å². The van der Waals surface area contributed by atoms with E-state index in [4.69, 9.17) is 5.73 Å². The van der Waals surface area contributed by atoms with Crippen molar-refractivity contribution in [2.24, 2.45) is 0 Å². The van der Waals surface area contributed by atoms with Gasteiger partial charge in [-0.3, -0.25) is 4.79 Å². The average molecular weight is 247 g/mol. The third kappa shape index (κ3) is 2.83. The quantitative estimate of drug-likeness (QED) is 0.560. The van der Waals surface area contributed by atoms with Crippen LogP contribution in [0.25, 0.3) is 0 Å². The summed E-state index contributed by atoms with van der Waals surface area (Å²) in [6, 6.07) is 6.81. The second-order valence-electron chi connectivity index (χ2n) is 3.75. The lowest BCUT2D eigenvalue weighted by atomic mass is 10.1. The molecular formula is C11H13N5O2. The van der Waals surface area contributed by atoms with E-state index in [1.54, 1.807) is 24.3 Å². The minimum Gasteiger partial charge on any atom is -0.399 e. The number of benzene rings is 1. The van der Waals surface area contributed by atoms with Crippen LogP contribution in [0, 0.1) is 0 Å². The lowest BCUT2D eigenvalue weighted by molar-refractivity contribution is 0.0911. The highest BCUT2D eigenvalue weighted by Crippen LogP contribution is 2.13. The van der Waals surface area contributed by atoms with Crippen LogP contribution in [0.15, 0.2) is 30.5 Å². The Kier molecular flexibility index (Phi) is 3.54. The largest absolute Gasteiger partial charge is 0.399 e. The molecule has 2 aromatic rings. The molecule has 1 atom stereocenters. The van der Waals surface area contributed by atoms with Crippen LogP contribution in [0.1, 0.15) is 22.2 Å². The summed E-state index contributed by atoms with van der Waals surface area (Å²) in [4.78, 5) is 11.5. The number of nitrogen functional groups attached to an aromatic ring is 1. The Morgan fingerprint density at radius 3 is 2.78 bits per heavy atom. The van der Waals surface area contributed by atoms with Gasteiger partial charge in [0.1, 0.15) is 0 Å². The molecule has 1 aromatic heterocycles. The van der Waals surface area contributed by atoms with E-state index in [9.17, 15) is 9.90 Å². The molecule has 1 amide bonds. The van der Waals surface area contributed by atoms with E-state index in [0.717, 1.165) is 0 Å². The van der Waals surface area contributed by atoms with E-state index < -0.39 is 12.0 Å². The number of nitrogens with zero attached hydrogens (tertiary/aromatic N) is 2. The first kappa shape index (κ1) is 12.1. The van der Waals surface area contributed by atoms with E-state index in [0.29, 0.717) is 11.3 Å². The fourth-order valence-corrected chi connectivity index (χ4v) is 1.43. The lowest BCUT2D eigenvalue weighted by Crippen LogP contribution is -2.28. The number of anilines is 1. The topological polar surface area (TPSA) is 117 Å². The lowest BCUT2D eigenvalue weighted by Gasteiger charge is -2.11. The van der Waals surface area contributed by atoms with E-state index >= 15 is 0 Å². The summed E-state index contributed by atoms with van der Waals surface area (Å²) in [7, 11) is 0. The summed E-state index contributed by atoms with van der Waals surface area (Å²) in [6.45, 7) is 0.0929. The van der Waals surface area contributed by atoms with Crippen molar-refractivity contribution in [3.8, 4) is 0 Å². The van der Waals surface area contributed by atoms with Crippen LogP contribution in [-0.2, 0) is 0 Å². The fraction of sp³-hybridized carbons (Fsp3) is 0.182. The standard InChI is InChI=1S/C11H13N5O2/c12-8-3-1-7(2-4-8)10(17)6-13-11(18)9-5-14-16-15-9/h1-5,10,17H,6,12H2,(H,13,18)(H,14,15,16). The smallest absolute Gasteiger partial charge is 0.273 e. The Morgan fingerprint density at radius 2 is 2.17 bits per heavy atom. The molecule has 0 fully saturated rings. The van der Waals surface area contributed by atoms with Crippen molar-refractivity contribution in [2.45, 2.75) is 6.10 Å². The molecule has 0 bridgehead atoms. The number of nitrogens with one attached hydrogen (secondary N) is 2. The Bertz CT molecular complexity index is 509. The Morgan fingerprint density at radius 1 is 1.44 bits per heavy atom. The van der Waals surface area contributed by atoms with Crippen molar-refractivity contribution in [2.75, 3.05) is 12.3 Å². The maximum Gasteiger partial charge on any atom is 0.273 e. The number of carbonyl (C=O) groups is 1. The number of hydrogen-bond donors (Lipinski definition) is 4. The number of aliphatic hydroxyl groups excluding tert-OH is 1. The van der Waals surface area contributed by atoms with Gasteiger partial charge in [-0.05, 0) is 17.7 Å². The van der Waals surface area contributed by atoms with Gasteiger partial charge in [-0.1, -0.05) is 12.1 Å². The predicted octanol–water partition coefficient (Wildman–Crippen LogP) is -0.150. The summed E-state index contributed by atoms with van der Waals surface area (Å²) in [5.74, 6) is -0.391. The van der Waals surface area contributed by atoms with Crippen LogP contribution in [0.2, 0.25) is 0 Å². The molecule has 5 N–H and O–H groups in total. The van der Waals surface area contributed by atoms with Crippen LogP contribution < -0.4 is 11.1 Å². The van der Waals surface area contributed by atoms with Gasteiger partial charge in [0, 0.05) is 12.2 Å². The number of aliphatic hydroxyl groups is 1. The number of aromatic nitrogens is 3. The first-order valence-corrected chi connectivity index (χ1v) is 5.34. The molecule has 7 nitrogen and oxygen atoms in total. The number of amides is 1. The van der Waals surface area contributed by atoms with Gasteiger partial charge in [0.25, 0.3) is 5.91 Å². The molecule has 1 aromatic carbocycles. The monoisotopic (exact) mass is 247 g/mol. The molecule has 2 rings (SSSR count). The summed E-state index contributed by atoms with van der Waals surface area (Å²) in [5, 5.41) is 21.9. The van der Waals surface area contributed by atoms with E-state index in [-0.39, 0.29) is 12.2 Å². The maximum absolute atomic E-state index is 11.5. The summed E-state index contributed by atoms with van der Waals surface area (Å²) in [6.07, 6.45) is 0.520. The van der Waals surface area contributed by atoms with E-state index in [1.165, 1.54) is 6.20 Å². The minimum absolute atomic E-state index is 0.0929. The van der Waals surface area contributed by atoms with Crippen molar-refractivity contribution in [3.63, 3.8) is 0 Å². The first-order valence-electron chi connectivity index (χ1n) is 5.34. The van der Waals surface area contributed by atoms with Crippen molar-refractivity contribution < 1.29 is 9.90 Å². The second kappa shape index (κ2) is 5.28. The molecule has 0 radical (unpaired) electrons. The molecular weight excluding hydrogens is 234 g/mol. The molecule has 0 spiro atoms. The van der Waals surface area contributed by atoms with E-state index in [1.807, 2.05) is 0 Å². The first-order chi connectivity index (χ1) is 8.66. The molecule has 0 aliphatic carbocycles. The zero-order valence-corrected chi connectivity index (χ0v) is 9.50. The van der Waals surface area contributed by atoms with Crippen LogP contribution >= 0.6 is 0 Å². The Hall–Kier alpha value is -2.41. The molecule has 7 heteroatoms. The third-order valence-electron chi connectivity index (χ3n) is 2.42. The van der Waals surface area contributed by atoms with Gasteiger partial charge in [-0.25, -0.2) is 0 Å². The van der Waals surface area contributed by atoms with E-state index in [2.05, 4.69) is 20.7 Å². The van der Waals surface area contributed by atoms with Gasteiger partial charge in [-0.15, -0.1) is 0 Å². The Balaban J connectivity index is 1.90. The molecule has 1 unspecified atom stereocenters. The SMILES string of the molecule is Nc1ccc(C(O)CNC(=O)c2cn[nH]n2)cc1. The molecule has 0 aliphatic heterocycles. The van der Waals surface area contributed by atoms with Crippen LogP contribution in [-0.4, -0.2) is 33.0 Å². The van der Waals surface area contributed by atoms with Gasteiger partial charge < -0.3 is 16.2 Å². The van der Waals surface area contributed by atoms with Gasteiger partial charge in [0.15, 0.2) is 5.69 Å². The van der Waals surface area contributed by atoms with Crippen LogP contribution in [0.5, 0.6) is 0 Å². The maximum atomic E-state index is 11.5. The number of H-pyrrole nitrogens is 1. The molecule has 94 valence electrons. The normalized spacial score (nSPS) is 12.1. The summed E-state index contributed by atoms with van der Waals surface area (Å²) >= 11 is 0. The van der Waals surface area contributed by atoms with Gasteiger partial charge in [-0.2, -0.15) is 15.4 Å². The van der Waals surface area contributed by atoms with Crippen molar-refractivity contribution >= 4 is 11.6 Å². The molecule has 0 saturated heterocycles. The number of carbonyl (C=O) groups excluding carboxylic acids is 1. The van der Waals surface area contributed by atoms with Crippen LogP contribution in [0.4, 0.5) is 5.69 Å². The van der Waals surface area contributed by atoms with Crippen molar-refractivity contribution in [1.29, 1.82) is 0 Å². The van der Waals surface area contributed by atoms with Gasteiger partial charge in [0.05, 0.1) is 12.3 Å². The number of rotatable bonds is 4. The highest BCUT2D eigenvalue weighted by Gasteiger charge is 2.12. The van der Waals surface area contributed by atoms with Gasteiger partial charge >= 0.3 is 0 Å². The summed E-state index contributed by atoms with van der Waals surface area (Å²) in [5.41, 5.74) is 7.03. The zero-order valence-electron chi connectivity index (χ0n) is 9.50. The molecule has 18 heavy (non-hydrogen) atoms. The van der Waals surface area contributed by atoms with Crippen LogP contribution in [0.3, 0.4) is 0 Å². The Labute approximate surface area is 103 Å². The highest BCUT2D eigenvalue weighted by molar-refractivity contribution is 5.91. The predicted molar refractivity (Wildman–Crippen MR) is 64.5 cm³/mol. The zero-order chi connectivity index (χ0) is 13.0. The van der Waals surface area contributed by atoms with Gasteiger partial charge in [0.2, 0.25) is 0 Å². The highest BCUT2D eigenvalue weighted by atomic mass is 16.3. The number of aromatic amines is 1. The molecule has 0 aliphatic rings. The second-order valence-corrected chi connectivity index (χ2v) is 3.75.